The lowest BCUT2D eigenvalue weighted by Gasteiger charge is -2.13. The van der Waals surface area contributed by atoms with Crippen LogP contribution in [0.2, 0.25) is 0 Å². The molecule has 0 bridgehead atoms. The number of para-hydroxylation sites is 1. The number of carbonyl (C=O) groups excluding carboxylic acids is 1. The number of hydrogen-bond donors (Lipinski definition) is 2. The normalized spacial score (nSPS) is 11.5. The van der Waals surface area contributed by atoms with E-state index in [2.05, 4.69) is 5.10 Å². The summed E-state index contributed by atoms with van der Waals surface area (Å²) < 4.78 is 39.4. The van der Waals surface area contributed by atoms with Crippen LogP contribution in [0.5, 0.6) is 0 Å². The zero-order chi connectivity index (χ0) is 14.2. The van der Waals surface area contributed by atoms with Crippen molar-refractivity contribution >= 4 is 11.7 Å². The molecule has 2 aromatic rings. The minimum Gasteiger partial charge on any atom is -0.384 e. The topological polar surface area (TPSA) is 86.9 Å². The molecule has 100 valence electrons. The first-order valence-electron chi connectivity index (χ1n) is 5.12. The van der Waals surface area contributed by atoms with Gasteiger partial charge in [-0.2, -0.15) is 18.3 Å². The second-order valence-corrected chi connectivity index (χ2v) is 3.75. The van der Waals surface area contributed by atoms with E-state index in [4.69, 9.17) is 11.5 Å². The Hall–Kier alpha value is -2.51. The smallest absolute Gasteiger partial charge is 0.384 e. The number of nitrogens with two attached hydrogens (primary N) is 2. The zero-order valence-electron chi connectivity index (χ0n) is 9.48. The molecule has 1 heterocycles. The van der Waals surface area contributed by atoms with Gasteiger partial charge in [-0.1, -0.05) is 12.1 Å². The van der Waals surface area contributed by atoms with Crippen LogP contribution in [0.3, 0.4) is 0 Å². The number of carbonyl (C=O) groups is 1. The maximum Gasteiger partial charge on any atom is 0.418 e. The largest absolute Gasteiger partial charge is 0.418 e. The molecule has 0 atom stereocenters. The average molecular weight is 270 g/mol. The summed E-state index contributed by atoms with van der Waals surface area (Å²) in [7, 11) is 0. The first-order valence-corrected chi connectivity index (χ1v) is 5.12. The molecule has 0 saturated heterocycles. The molecule has 0 saturated carbocycles. The van der Waals surface area contributed by atoms with E-state index in [1.807, 2.05) is 0 Å². The summed E-state index contributed by atoms with van der Waals surface area (Å²) >= 11 is 0. The van der Waals surface area contributed by atoms with Gasteiger partial charge in [0.2, 0.25) is 0 Å². The van der Waals surface area contributed by atoms with Crippen molar-refractivity contribution in [3.8, 4) is 5.69 Å². The number of rotatable bonds is 2. The number of primary amides is 1. The van der Waals surface area contributed by atoms with Gasteiger partial charge >= 0.3 is 6.18 Å². The van der Waals surface area contributed by atoms with Crippen molar-refractivity contribution in [2.24, 2.45) is 5.73 Å². The van der Waals surface area contributed by atoms with Crippen molar-refractivity contribution in [2.75, 3.05) is 5.73 Å². The molecule has 0 radical (unpaired) electrons. The van der Waals surface area contributed by atoms with Crippen LogP contribution in [0.15, 0.2) is 30.3 Å². The molecule has 0 aliphatic rings. The Morgan fingerprint density at radius 1 is 1.26 bits per heavy atom. The van der Waals surface area contributed by atoms with Crippen molar-refractivity contribution < 1.29 is 18.0 Å². The Kier molecular flexibility index (Phi) is 2.93. The fourth-order valence-corrected chi connectivity index (χ4v) is 1.61. The molecular formula is C11H9F3N4O. The number of halogens is 3. The van der Waals surface area contributed by atoms with Crippen LogP contribution in [0.4, 0.5) is 19.0 Å². The van der Waals surface area contributed by atoms with E-state index in [9.17, 15) is 18.0 Å². The van der Waals surface area contributed by atoms with E-state index in [-0.39, 0.29) is 17.2 Å². The molecule has 4 N–H and O–H groups in total. The fourth-order valence-electron chi connectivity index (χ4n) is 1.61. The van der Waals surface area contributed by atoms with Crippen LogP contribution in [-0.4, -0.2) is 15.7 Å². The van der Waals surface area contributed by atoms with Crippen LogP contribution >= 0.6 is 0 Å². The van der Waals surface area contributed by atoms with E-state index in [1.54, 1.807) is 0 Å². The number of nitrogens with zero attached hydrogens (tertiary/aromatic N) is 2. The number of aromatic nitrogens is 2. The molecule has 2 rings (SSSR count). The first kappa shape index (κ1) is 12.9. The van der Waals surface area contributed by atoms with Gasteiger partial charge in [0.1, 0.15) is 5.82 Å². The highest BCUT2D eigenvalue weighted by molar-refractivity contribution is 5.91. The lowest BCUT2D eigenvalue weighted by atomic mass is 10.1. The molecule has 0 aliphatic heterocycles. The maximum absolute atomic E-state index is 12.9. The predicted molar refractivity (Wildman–Crippen MR) is 61.5 cm³/mol. The molecule has 1 amide bonds. The zero-order valence-corrected chi connectivity index (χ0v) is 9.48. The van der Waals surface area contributed by atoms with Gasteiger partial charge in [0, 0.05) is 6.07 Å². The minimum absolute atomic E-state index is 0.106. The number of alkyl halides is 3. The van der Waals surface area contributed by atoms with Crippen molar-refractivity contribution in [3.63, 3.8) is 0 Å². The Bertz CT molecular complexity index is 633. The highest BCUT2D eigenvalue weighted by atomic mass is 19.4. The fraction of sp³-hybridized carbons (Fsp3) is 0.0909. The predicted octanol–water partition coefficient (Wildman–Crippen LogP) is 1.57. The number of amides is 1. The van der Waals surface area contributed by atoms with Crippen LogP contribution in [0.1, 0.15) is 16.1 Å². The summed E-state index contributed by atoms with van der Waals surface area (Å²) in [5.74, 6) is -0.972. The summed E-state index contributed by atoms with van der Waals surface area (Å²) in [5.41, 5.74) is 9.19. The molecular weight excluding hydrogens is 261 g/mol. The van der Waals surface area contributed by atoms with E-state index in [0.717, 1.165) is 16.8 Å². The van der Waals surface area contributed by atoms with Gasteiger partial charge in [0.25, 0.3) is 5.91 Å². The molecule has 0 fully saturated rings. The quantitative estimate of drug-likeness (QED) is 0.868. The number of hydrogen-bond acceptors (Lipinski definition) is 3. The van der Waals surface area contributed by atoms with E-state index in [0.29, 0.717) is 0 Å². The van der Waals surface area contributed by atoms with Crippen LogP contribution in [0, 0.1) is 0 Å². The monoisotopic (exact) mass is 270 g/mol. The highest BCUT2D eigenvalue weighted by Gasteiger charge is 2.34. The molecule has 0 aliphatic carbocycles. The van der Waals surface area contributed by atoms with Crippen LogP contribution in [-0.2, 0) is 6.18 Å². The summed E-state index contributed by atoms with van der Waals surface area (Å²) in [5, 5.41) is 3.67. The summed E-state index contributed by atoms with van der Waals surface area (Å²) in [6, 6.07) is 5.89. The second kappa shape index (κ2) is 4.30. The maximum atomic E-state index is 12.9. The van der Waals surface area contributed by atoms with E-state index in [1.165, 1.54) is 18.2 Å². The Morgan fingerprint density at radius 2 is 1.89 bits per heavy atom. The van der Waals surface area contributed by atoms with Gasteiger partial charge in [0.05, 0.1) is 11.3 Å². The van der Waals surface area contributed by atoms with Crippen molar-refractivity contribution in [3.05, 3.63) is 41.6 Å². The van der Waals surface area contributed by atoms with Crippen LogP contribution in [0.25, 0.3) is 5.69 Å². The van der Waals surface area contributed by atoms with Gasteiger partial charge in [-0.3, -0.25) is 4.79 Å². The SMILES string of the molecule is NC(=O)c1cc(N)n(-c2ccccc2C(F)(F)F)n1. The molecule has 0 spiro atoms. The number of benzene rings is 1. The molecule has 1 aromatic carbocycles. The van der Waals surface area contributed by atoms with Gasteiger partial charge in [-0.05, 0) is 12.1 Å². The van der Waals surface area contributed by atoms with Gasteiger partial charge in [-0.25, -0.2) is 4.68 Å². The molecule has 19 heavy (non-hydrogen) atoms. The van der Waals surface area contributed by atoms with Gasteiger partial charge < -0.3 is 11.5 Å². The summed E-state index contributed by atoms with van der Waals surface area (Å²) in [4.78, 5) is 10.9. The van der Waals surface area contributed by atoms with E-state index < -0.39 is 17.6 Å². The first-order chi connectivity index (χ1) is 8.80. The molecule has 1 aromatic heterocycles. The number of nitrogen functional groups attached to an aromatic ring is 1. The Morgan fingerprint density at radius 3 is 2.42 bits per heavy atom. The lowest BCUT2D eigenvalue weighted by Crippen LogP contribution is -2.14. The average Bonchev–Trinajstić information content (AvgIpc) is 2.70. The second-order valence-electron chi connectivity index (χ2n) is 3.75. The molecule has 5 nitrogen and oxygen atoms in total. The van der Waals surface area contributed by atoms with Crippen molar-refractivity contribution in [1.29, 1.82) is 0 Å². The summed E-state index contributed by atoms with van der Waals surface area (Å²) in [6.07, 6.45) is -4.55. The highest BCUT2D eigenvalue weighted by Crippen LogP contribution is 2.34. The third-order valence-corrected chi connectivity index (χ3v) is 2.43. The van der Waals surface area contributed by atoms with Gasteiger partial charge in [-0.15, -0.1) is 0 Å². The van der Waals surface area contributed by atoms with Gasteiger partial charge in [0.15, 0.2) is 5.69 Å². The Balaban J connectivity index is 2.63. The minimum atomic E-state index is -4.55. The van der Waals surface area contributed by atoms with Crippen molar-refractivity contribution in [1.82, 2.24) is 9.78 Å². The summed E-state index contributed by atoms with van der Waals surface area (Å²) in [6.45, 7) is 0. The van der Waals surface area contributed by atoms with E-state index >= 15 is 0 Å². The van der Waals surface area contributed by atoms with Crippen LogP contribution < -0.4 is 11.5 Å². The Labute approximate surface area is 105 Å². The standard InChI is InChI=1S/C11H9F3N4O/c12-11(13,14)6-3-1-2-4-8(6)18-9(15)5-7(17-18)10(16)19/h1-5H,15H2,(H2,16,19). The third-order valence-electron chi connectivity index (χ3n) is 2.43. The van der Waals surface area contributed by atoms with Crippen molar-refractivity contribution in [2.45, 2.75) is 6.18 Å². The molecule has 8 heteroatoms. The number of anilines is 1. The third kappa shape index (κ3) is 2.37. The molecule has 0 unspecified atom stereocenters. The lowest BCUT2D eigenvalue weighted by molar-refractivity contribution is -0.137.